The monoisotopic (exact) mass is 349 g/mol. The highest BCUT2D eigenvalue weighted by Crippen LogP contribution is 2.42. The zero-order valence-corrected chi connectivity index (χ0v) is 13.1. The van der Waals surface area contributed by atoms with Gasteiger partial charge in [-0.2, -0.15) is 0 Å². The van der Waals surface area contributed by atoms with E-state index in [9.17, 15) is 4.39 Å². The lowest BCUT2D eigenvalue weighted by Crippen LogP contribution is -2.25. The van der Waals surface area contributed by atoms with Crippen molar-refractivity contribution in [2.75, 3.05) is 5.73 Å². The van der Waals surface area contributed by atoms with Gasteiger partial charge in [0, 0.05) is 10.4 Å². The Hall–Kier alpha value is -1.55. The molecule has 2 aromatic carbocycles. The van der Waals surface area contributed by atoms with Gasteiger partial charge in [-0.3, -0.25) is 0 Å². The van der Waals surface area contributed by atoms with Crippen molar-refractivity contribution in [3.8, 4) is 5.75 Å². The normalized spacial score (nSPS) is 16.3. The molecule has 1 atom stereocenters. The van der Waals surface area contributed by atoms with Crippen LogP contribution in [0.15, 0.2) is 46.9 Å². The Morgan fingerprint density at radius 1 is 1.14 bits per heavy atom. The zero-order chi connectivity index (χ0) is 14.8. The number of hydrogen-bond acceptors (Lipinski definition) is 2. The molecule has 0 spiro atoms. The summed E-state index contributed by atoms with van der Waals surface area (Å²) in [7, 11) is 0. The highest BCUT2D eigenvalue weighted by molar-refractivity contribution is 9.10. The number of ether oxygens (including phenoxy) is 1. The Kier molecular flexibility index (Phi) is 4.15. The fourth-order valence-corrected chi connectivity index (χ4v) is 2.92. The lowest BCUT2D eigenvalue weighted by atomic mass is 9.78. The zero-order valence-electron chi connectivity index (χ0n) is 11.6. The first-order valence-corrected chi connectivity index (χ1v) is 7.90. The number of benzene rings is 2. The maximum atomic E-state index is 13.1. The second-order valence-electron chi connectivity index (χ2n) is 5.46. The van der Waals surface area contributed by atoms with E-state index in [0.29, 0.717) is 17.4 Å². The minimum atomic E-state index is -0.229. The predicted octanol–water partition coefficient (Wildman–Crippen LogP) is 5.09. The molecule has 0 saturated heterocycles. The largest absolute Gasteiger partial charge is 0.483 e. The average molecular weight is 350 g/mol. The number of halogens is 2. The first-order valence-electron chi connectivity index (χ1n) is 7.10. The smallest absolute Gasteiger partial charge is 0.144 e. The molecule has 1 aliphatic carbocycles. The minimum absolute atomic E-state index is 0.0732. The first kappa shape index (κ1) is 14.4. The Morgan fingerprint density at radius 3 is 2.48 bits per heavy atom. The van der Waals surface area contributed by atoms with Gasteiger partial charge in [0.25, 0.3) is 0 Å². The molecule has 1 fully saturated rings. The highest BCUT2D eigenvalue weighted by atomic mass is 79.9. The summed E-state index contributed by atoms with van der Waals surface area (Å²) >= 11 is 3.43. The quantitative estimate of drug-likeness (QED) is 0.780. The molecule has 0 aliphatic heterocycles. The summed E-state index contributed by atoms with van der Waals surface area (Å²) in [5, 5.41) is 0. The van der Waals surface area contributed by atoms with E-state index in [1.165, 1.54) is 18.6 Å². The van der Waals surface area contributed by atoms with Crippen molar-refractivity contribution in [1.29, 1.82) is 0 Å². The van der Waals surface area contributed by atoms with Gasteiger partial charge in [0.15, 0.2) is 0 Å². The molecule has 1 aliphatic rings. The maximum Gasteiger partial charge on any atom is 0.144 e. The molecule has 0 heterocycles. The maximum absolute atomic E-state index is 13.1. The Bertz CT molecular complexity index is 625. The molecule has 2 aromatic rings. The molecule has 21 heavy (non-hydrogen) atoms. The highest BCUT2D eigenvalue weighted by Gasteiger charge is 2.30. The fraction of sp³-hybridized carbons (Fsp3) is 0.294. The summed E-state index contributed by atoms with van der Waals surface area (Å²) in [6.07, 6.45) is 3.42. The van der Waals surface area contributed by atoms with Crippen molar-refractivity contribution in [2.24, 2.45) is 5.92 Å². The SMILES string of the molecule is Nc1ccc(Br)cc1OC(c1ccc(F)cc1)C1CCC1. The third-order valence-corrected chi connectivity index (χ3v) is 4.50. The second kappa shape index (κ2) is 6.06. The van der Waals surface area contributed by atoms with Gasteiger partial charge < -0.3 is 10.5 Å². The van der Waals surface area contributed by atoms with E-state index in [0.717, 1.165) is 22.9 Å². The Balaban J connectivity index is 1.89. The van der Waals surface area contributed by atoms with E-state index in [1.54, 1.807) is 12.1 Å². The van der Waals surface area contributed by atoms with Gasteiger partial charge in [-0.1, -0.05) is 34.5 Å². The van der Waals surface area contributed by atoms with Crippen molar-refractivity contribution in [3.05, 3.63) is 58.3 Å². The Labute approximate surface area is 132 Å². The summed E-state index contributed by atoms with van der Waals surface area (Å²) < 4.78 is 20.2. The van der Waals surface area contributed by atoms with Crippen LogP contribution in [0.3, 0.4) is 0 Å². The molecule has 2 nitrogen and oxygen atoms in total. The molecule has 110 valence electrons. The average Bonchev–Trinajstić information content (AvgIpc) is 2.41. The van der Waals surface area contributed by atoms with Crippen molar-refractivity contribution in [1.82, 2.24) is 0 Å². The summed E-state index contributed by atoms with van der Waals surface area (Å²) in [5.41, 5.74) is 7.61. The number of hydrogen-bond donors (Lipinski definition) is 1. The second-order valence-corrected chi connectivity index (χ2v) is 6.38. The number of anilines is 1. The van der Waals surface area contributed by atoms with Crippen LogP contribution >= 0.6 is 15.9 Å². The topological polar surface area (TPSA) is 35.2 Å². The Morgan fingerprint density at radius 2 is 1.86 bits per heavy atom. The van der Waals surface area contributed by atoms with Gasteiger partial charge in [-0.15, -0.1) is 0 Å². The summed E-state index contributed by atoms with van der Waals surface area (Å²) in [5.74, 6) is 0.910. The van der Waals surface area contributed by atoms with E-state index < -0.39 is 0 Å². The fourth-order valence-electron chi connectivity index (χ4n) is 2.58. The van der Waals surface area contributed by atoms with Gasteiger partial charge in [-0.25, -0.2) is 4.39 Å². The van der Waals surface area contributed by atoms with Crippen molar-refractivity contribution in [2.45, 2.75) is 25.4 Å². The lowest BCUT2D eigenvalue weighted by Gasteiger charge is -2.34. The molecular formula is C17H17BrFNO. The van der Waals surface area contributed by atoms with Crippen LogP contribution in [0.1, 0.15) is 30.9 Å². The van der Waals surface area contributed by atoms with Crippen LogP contribution in [0.2, 0.25) is 0 Å². The van der Waals surface area contributed by atoms with Gasteiger partial charge >= 0.3 is 0 Å². The van der Waals surface area contributed by atoms with E-state index >= 15 is 0 Å². The van der Waals surface area contributed by atoms with Crippen LogP contribution in [0.5, 0.6) is 5.75 Å². The third kappa shape index (κ3) is 3.21. The number of nitrogens with two attached hydrogens (primary N) is 1. The van der Waals surface area contributed by atoms with E-state index in [-0.39, 0.29) is 11.9 Å². The van der Waals surface area contributed by atoms with Gasteiger partial charge in [-0.05, 0) is 48.7 Å². The van der Waals surface area contributed by atoms with Crippen molar-refractivity contribution in [3.63, 3.8) is 0 Å². The van der Waals surface area contributed by atoms with E-state index in [2.05, 4.69) is 15.9 Å². The third-order valence-electron chi connectivity index (χ3n) is 4.01. The van der Waals surface area contributed by atoms with Gasteiger partial charge in [0.05, 0.1) is 5.69 Å². The van der Waals surface area contributed by atoms with Crippen LogP contribution in [0.25, 0.3) is 0 Å². The first-order chi connectivity index (χ1) is 10.1. The van der Waals surface area contributed by atoms with Crippen LogP contribution in [0.4, 0.5) is 10.1 Å². The molecule has 0 aromatic heterocycles. The van der Waals surface area contributed by atoms with E-state index in [1.807, 2.05) is 18.2 Å². The summed E-state index contributed by atoms with van der Waals surface area (Å²) in [6, 6.07) is 12.1. The molecule has 2 N–H and O–H groups in total. The van der Waals surface area contributed by atoms with Crippen LogP contribution in [-0.2, 0) is 0 Å². The lowest BCUT2D eigenvalue weighted by molar-refractivity contribution is 0.0844. The van der Waals surface area contributed by atoms with Crippen LogP contribution in [-0.4, -0.2) is 0 Å². The number of nitrogen functional groups attached to an aromatic ring is 1. The van der Waals surface area contributed by atoms with E-state index in [4.69, 9.17) is 10.5 Å². The van der Waals surface area contributed by atoms with Gasteiger partial charge in [0.2, 0.25) is 0 Å². The summed E-state index contributed by atoms with van der Waals surface area (Å²) in [4.78, 5) is 0. The molecule has 0 bridgehead atoms. The molecule has 4 heteroatoms. The van der Waals surface area contributed by atoms with Crippen molar-refractivity contribution >= 4 is 21.6 Å². The summed E-state index contributed by atoms with van der Waals surface area (Å²) in [6.45, 7) is 0. The number of rotatable bonds is 4. The molecular weight excluding hydrogens is 333 g/mol. The van der Waals surface area contributed by atoms with Gasteiger partial charge in [0.1, 0.15) is 17.7 Å². The predicted molar refractivity (Wildman–Crippen MR) is 85.7 cm³/mol. The standard InChI is InChI=1S/C17H17BrFNO/c18-13-6-9-15(20)16(10-13)21-17(11-2-1-3-11)12-4-7-14(19)8-5-12/h4-11,17H,1-3,20H2. The molecule has 1 unspecified atom stereocenters. The molecule has 0 amide bonds. The van der Waals surface area contributed by atoms with Crippen LogP contribution < -0.4 is 10.5 Å². The molecule has 3 rings (SSSR count). The minimum Gasteiger partial charge on any atom is -0.483 e. The van der Waals surface area contributed by atoms with Crippen molar-refractivity contribution < 1.29 is 9.13 Å². The molecule has 0 radical (unpaired) electrons. The van der Waals surface area contributed by atoms with Crippen LogP contribution in [0, 0.1) is 11.7 Å². The molecule has 1 saturated carbocycles.